The molecule has 2 aromatic carbocycles. The van der Waals surface area contributed by atoms with E-state index in [-0.39, 0.29) is 11.6 Å². The Bertz CT molecular complexity index is 972. The number of hydrogen-bond acceptors (Lipinski definition) is 6. The summed E-state index contributed by atoms with van der Waals surface area (Å²) in [6.45, 7) is 2.04. The lowest BCUT2D eigenvalue weighted by atomic mass is 10.1. The van der Waals surface area contributed by atoms with E-state index in [0.717, 1.165) is 21.1 Å². The lowest BCUT2D eigenvalue weighted by Gasteiger charge is -2.07. The summed E-state index contributed by atoms with van der Waals surface area (Å²) in [5, 5.41) is 14.2. The molecule has 1 amide bonds. The van der Waals surface area contributed by atoms with E-state index in [1.807, 2.05) is 31.2 Å². The van der Waals surface area contributed by atoms with Crippen molar-refractivity contribution in [3.05, 3.63) is 80.8 Å². The molecular formula is C19H17N3O3S2. The van der Waals surface area contributed by atoms with Crippen LogP contribution < -0.4 is 5.32 Å². The number of nitrogens with zero attached hydrogens (tertiary/aromatic N) is 2. The molecule has 6 nitrogen and oxygen atoms in total. The average Bonchev–Trinajstić information content (AvgIpc) is 3.09. The molecule has 0 atom stereocenters. The van der Waals surface area contributed by atoms with Crippen molar-refractivity contribution in [2.45, 2.75) is 18.2 Å². The van der Waals surface area contributed by atoms with E-state index >= 15 is 0 Å². The zero-order chi connectivity index (χ0) is 19.2. The fourth-order valence-corrected chi connectivity index (χ4v) is 4.17. The first-order valence-electron chi connectivity index (χ1n) is 8.28. The largest absolute Gasteiger partial charge is 0.298 e. The fourth-order valence-electron chi connectivity index (χ4n) is 2.53. The van der Waals surface area contributed by atoms with E-state index in [1.165, 1.54) is 17.4 Å². The number of benzene rings is 2. The molecule has 0 aliphatic rings. The number of nitro groups is 1. The summed E-state index contributed by atoms with van der Waals surface area (Å²) in [5.41, 5.74) is 1.52. The molecule has 27 heavy (non-hydrogen) atoms. The van der Waals surface area contributed by atoms with Gasteiger partial charge in [-0.3, -0.25) is 20.2 Å². The summed E-state index contributed by atoms with van der Waals surface area (Å²) in [6.07, 6.45) is 2.21. The van der Waals surface area contributed by atoms with E-state index in [1.54, 1.807) is 36.2 Å². The van der Waals surface area contributed by atoms with Gasteiger partial charge in [0.05, 0.1) is 10.5 Å². The van der Waals surface area contributed by atoms with Crippen LogP contribution in [0.3, 0.4) is 0 Å². The predicted octanol–water partition coefficient (Wildman–Crippen LogP) is 5.01. The number of rotatable bonds is 7. The third-order valence-corrected chi connectivity index (χ3v) is 5.57. The number of anilines is 1. The SMILES string of the molecule is CCSc1ccccc1C(=O)Nc1ncc(Cc2cccc([N+](=O)[O-])c2)s1. The first-order chi connectivity index (χ1) is 13.1. The van der Waals surface area contributed by atoms with Crippen LogP contribution >= 0.6 is 23.1 Å². The molecule has 1 N–H and O–H groups in total. The lowest BCUT2D eigenvalue weighted by molar-refractivity contribution is -0.384. The summed E-state index contributed by atoms with van der Waals surface area (Å²) < 4.78 is 0. The second kappa shape index (κ2) is 8.79. The lowest BCUT2D eigenvalue weighted by Crippen LogP contribution is -2.12. The van der Waals surface area contributed by atoms with E-state index in [0.29, 0.717) is 17.1 Å². The highest BCUT2D eigenvalue weighted by atomic mass is 32.2. The molecule has 0 unspecified atom stereocenters. The second-order valence-electron chi connectivity index (χ2n) is 5.62. The van der Waals surface area contributed by atoms with Crippen molar-refractivity contribution in [2.75, 3.05) is 11.1 Å². The van der Waals surface area contributed by atoms with Crippen LogP contribution in [0.1, 0.15) is 27.7 Å². The molecule has 1 heterocycles. The van der Waals surface area contributed by atoms with Crippen molar-refractivity contribution >= 4 is 39.8 Å². The average molecular weight is 399 g/mol. The topological polar surface area (TPSA) is 85.1 Å². The maximum Gasteiger partial charge on any atom is 0.269 e. The second-order valence-corrected chi connectivity index (χ2v) is 8.04. The predicted molar refractivity (Wildman–Crippen MR) is 109 cm³/mol. The van der Waals surface area contributed by atoms with E-state index in [2.05, 4.69) is 10.3 Å². The first-order valence-corrected chi connectivity index (χ1v) is 10.1. The molecular weight excluding hydrogens is 382 g/mol. The van der Waals surface area contributed by atoms with E-state index in [4.69, 9.17) is 0 Å². The third-order valence-electron chi connectivity index (χ3n) is 3.71. The van der Waals surface area contributed by atoms with Crippen LogP contribution in [0.15, 0.2) is 59.6 Å². The van der Waals surface area contributed by atoms with Crippen LogP contribution in [-0.2, 0) is 6.42 Å². The summed E-state index contributed by atoms with van der Waals surface area (Å²) >= 11 is 2.98. The molecule has 0 fully saturated rings. The minimum atomic E-state index is -0.409. The van der Waals surface area contributed by atoms with Gasteiger partial charge in [-0.05, 0) is 23.4 Å². The van der Waals surface area contributed by atoms with E-state index in [9.17, 15) is 14.9 Å². The molecule has 1 aromatic heterocycles. The van der Waals surface area contributed by atoms with Crippen LogP contribution in [0, 0.1) is 10.1 Å². The minimum absolute atomic E-state index is 0.0653. The van der Waals surface area contributed by atoms with Crippen molar-refractivity contribution in [1.82, 2.24) is 4.98 Å². The monoisotopic (exact) mass is 399 g/mol. The number of hydrogen-bond donors (Lipinski definition) is 1. The quantitative estimate of drug-likeness (QED) is 0.343. The molecule has 138 valence electrons. The number of amides is 1. The van der Waals surface area contributed by atoms with Gasteiger partial charge in [-0.25, -0.2) is 4.98 Å². The standard InChI is InChI=1S/C19H17N3O3S2/c1-2-26-17-9-4-3-8-16(17)18(23)21-19-20-12-15(27-19)11-13-6-5-7-14(10-13)22(24)25/h3-10,12H,2,11H2,1H3,(H,20,21,23). The molecule has 3 aromatic rings. The highest BCUT2D eigenvalue weighted by Crippen LogP contribution is 2.26. The normalized spacial score (nSPS) is 10.6. The number of thiazole rings is 1. The van der Waals surface area contributed by atoms with Crippen LogP contribution in [0.2, 0.25) is 0 Å². The number of aromatic nitrogens is 1. The van der Waals surface area contributed by atoms with Crippen molar-refractivity contribution < 1.29 is 9.72 Å². The van der Waals surface area contributed by atoms with Crippen LogP contribution in [0.25, 0.3) is 0 Å². The van der Waals surface area contributed by atoms with Crippen molar-refractivity contribution in [3.63, 3.8) is 0 Å². The zero-order valence-electron chi connectivity index (χ0n) is 14.5. The number of carbonyl (C=O) groups is 1. The molecule has 0 saturated heterocycles. The summed E-state index contributed by atoms with van der Waals surface area (Å²) in [4.78, 5) is 29.2. The van der Waals surface area contributed by atoms with Gasteiger partial charge in [-0.2, -0.15) is 0 Å². The van der Waals surface area contributed by atoms with Gasteiger partial charge >= 0.3 is 0 Å². The Hall–Kier alpha value is -2.71. The molecule has 0 aliphatic carbocycles. The Balaban J connectivity index is 1.70. The van der Waals surface area contributed by atoms with Crippen molar-refractivity contribution in [2.24, 2.45) is 0 Å². The number of non-ortho nitro benzene ring substituents is 1. The number of nitro benzene ring substituents is 1. The Labute approximate surface area is 164 Å². The number of carbonyl (C=O) groups excluding carboxylic acids is 1. The summed E-state index contributed by atoms with van der Waals surface area (Å²) in [6, 6.07) is 14.0. The van der Waals surface area contributed by atoms with Gasteiger partial charge in [0.2, 0.25) is 0 Å². The molecule has 0 saturated carbocycles. The molecule has 0 radical (unpaired) electrons. The summed E-state index contributed by atoms with van der Waals surface area (Å²) in [7, 11) is 0. The van der Waals surface area contributed by atoms with Crippen LogP contribution in [0.4, 0.5) is 10.8 Å². The smallest absolute Gasteiger partial charge is 0.269 e. The van der Waals surface area contributed by atoms with Crippen molar-refractivity contribution in [3.8, 4) is 0 Å². The van der Waals surface area contributed by atoms with Gasteiger partial charge in [0.25, 0.3) is 11.6 Å². The molecule has 0 bridgehead atoms. The summed E-state index contributed by atoms with van der Waals surface area (Å²) in [5.74, 6) is 0.692. The zero-order valence-corrected chi connectivity index (χ0v) is 16.2. The van der Waals surface area contributed by atoms with Gasteiger partial charge in [-0.1, -0.05) is 31.2 Å². The Morgan fingerprint density at radius 2 is 2.07 bits per heavy atom. The first kappa shape index (κ1) is 19.1. The fraction of sp³-hybridized carbons (Fsp3) is 0.158. The number of thioether (sulfide) groups is 1. The maximum atomic E-state index is 12.6. The minimum Gasteiger partial charge on any atom is -0.298 e. The Morgan fingerprint density at radius 3 is 2.85 bits per heavy atom. The maximum absolute atomic E-state index is 12.6. The van der Waals surface area contributed by atoms with Gasteiger partial charge in [-0.15, -0.1) is 23.1 Å². The van der Waals surface area contributed by atoms with Crippen LogP contribution in [0.5, 0.6) is 0 Å². The van der Waals surface area contributed by atoms with Crippen LogP contribution in [-0.4, -0.2) is 21.6 Å². The van der Waals surface area contributed by atoms with Crippen molar-refractivity contribution in [1.29, 1.82) is 0 Å². The van der Waals surface area contributed by atoms with Gasteiger partial charge in [0, 0.05) is 34.5 Å². The highest BCUT2D eigenvalue weighted by molar-refractivity contribution is 7.99. The molecule has 0 spiro atoms. The van der Waals surface area contributed by atoms with E-state index < -0.39 is 4.92 Å². The molecule has 3 rings (SSSR count). The Kier molecular flexibility index (Phi) is 6.20. The van der Waals surface area contributed by atoms with Gasteiger partial charge in [0.15, 0.2) is 5.13 Å². The molecule has 0 aliphatic heterocycles. The number of nitrogens with one attached hydrogen (secondary N) is 1. The third kappa shape index (κ3) is 4.93. The van der Waals surface area contributed by atoms with Gasteiger partial charge < -0.3 is 0 Å². The Morgan fingerprint density at radius 1 is 1.26 bits per heavy atom. The van der Waals surface area contributed by atoms with Gasteiger partial charge in [0.1, 0.15) is 0 Å². The molecule has 8 heteroatoms. The highest BCUT2D eigenvalue weighted by Gasteiger charge is 2.14.